The molecule has 0 fully saturated rings. The number of anilines is 2. The van der Waals surface area contributed by atoms with Gasteiger partial charge in [-0.15, -0.1) is 0 Å². The monoisotopic (exact) mass is 357 g/mol. The van der Waals surface area contributed by atoms with Crippen molar-refractivity contribution in [1.82, 2.24) is 4.98 Å². The van der Waals surface area contributed by atoms with Gasteiger partial charge in [0, 0.05) is 12.3 Å². The molecule has 0 saturated carbocycles. The Morgan fingerprint density at radius 1 is 1.35 bits per heavy atom. The van der Waals surface area contributed by atoms with Crippen LogP contribution in [0.25, 0.3) is 0 Å². The van der Waals surface area contributed by atoms with Gasteiger partial charge in [0.2, 0.25) is 0 Å². The zero-order valence-electron chi connectivity index (χ0n) is 10.4. The Balaban J connectivity index is 2.48. The second-order valence-electron chi connectivity index (χ2n) is 4.09. The van der Waals surface area contributed by atoms with Crippen LogP contribution in [0.1, 0.15) is 11.1 Å². The van der Waals surface area contributed by atoms with E-state index in [9.17, 15) is 8.78 Å². The Hall–Kier alpha value is -1.60. The highest BCUT2D eigenvalue weighted by Gasteiger charge is 2.13. The lowest BCUT2D eigenvalue weighted by molar-refractivity contribution is 0.597. The second kappa shape index (κ2) is 5.80. The van der Waals surface area contributed by atoms with Crippen LogP contribution in [0, 0.1) is 18.6 Å². The maximum absolute atomic E-state index is 13.8. The van der Waals surface area contributed by atoms with E-state index in [0.717, 1.165) is 17.7 Å². The summed E-state index contributed by atoms with van der Waals surface area (Å²) in [5.41, 5.74) is 6.90. The lowest BCUT2D eigenvalue weighted by atomic mass is 10.1. The van der Waals surface area contributed by atoms with Crippen LogP contribution in [0.2, 0.25) is 0 Å². The molecule has 7 heteroatoms. The smallest absolute Gasteiger partial charge is 0.148 e. The maximum atomic E-state index is 13.8. The Labute approximate surface area is 128 Å². The number of pyridine rings is 1. The molecule has 3 nitrogen and oxygen atoms in total. The van der Waals surface area contributed by atoms with Gasteiger partial charge in [-0.3, -0.25) is 0 Å². The number of aromatic nitrogens is 1. The number of hydrogen-bond donors (Lipinski definition) is 2. The zero-order valence-corrected chi connectivity index (χ0v) is 12.8. The molecule has 20 heavy (non-hydrogen) atoms. The SMILES string of the molecule is Cc1ccnc(Nc2cc(F)c(Br)cc2F)c1C(N)=S. The first-order chi connectivity index (χ1) is 9.40. The highest BCUT2D eigenvalue weighted by molar-refractivity contribution is 9.10. The van der Waals surface area contributed by atoms with Crippen LogP contribution >= 0.6 is 28.1 Å². The average Bonchev–Trinajstić information content (AvgIpc) is 2.35. The normalized spacial score (nSPS) is 10.4. The summed E-state index contributed by atoms with van der Waals surface area (Å²) in [5, 5.41) is 2.72. The summed E-state index contributed by atoms with van der Waals surface area (Å²) in [4.78, 5) is 4.21. The topological polar surface area (TPSA) is 50.9 Å². The fourth-order valence-corrected chi connectivity index (χ4v) is 2.28. The molecule has 0 atom stereocenters. The summed E-state index contributed by atoms with van der Waals surface area (Å²) in [6, 6.07) is 3.80. The molecule has 0 bridgehead atoms. The second-order valence-corrected chi connectivity index (χ2v) is 5.38. The number of nitrogens with two attached hydrogens (primary N) is 1. The maximum Gasteiger partial charge on any atom is 0.148 e. The summed E-state index contributed by atoms with van der Waals surface area (Å²) in [7, 11) is 0. The fourth-order valence-electron chi connectivity index (χ4n) is 1.71. The average molecular weight is 358 g/mol. The third-order valence-corrected chi connectivity index (χ3v) is 3.48. The van der Waals surface area contributed by atoms with Crippen LogP contribution in [-0.2, 0) is 0 Å². The predicted octanol–water partition coefficient (Wildman–Crippen LogP) is 3.81. The Morgan fingerprint density at radius 3 is 2.70 bits per heavy atom. The Kier molecular flexibility index (Phi) is 4.29. The highest BCUT2D eigenvalue weighted by atomic mass is 79.9. The first kappa shape index (κ1) is 14.8. The molecule has 0 aliphatic rings. The van der Waals surface area contributed by atoms with E-state index in [1.807, 2.05) is 0 Å². The summed E-state index contributed by atoms with van der Waals surface area (Å²) in [6.45, 7) is 1.81. The number of aryl methyl sites for hydroxylation is 1. The van der Waals surface area contributed by atoms with Crippen LogP contribution in [0.15, 0.2) is 28.9 Å². The van der Waals surface area contributed by atoms with E-state index in [-0.39, 0.29) is 21.0 Å². The van der Waals surface area contributed by atoms with E-state index in [1.165, 1.54) is 6.20 Å². The van der Waals surface area contributed by atoms with Crippen molar-refractivity contribution in [2.75, 3.05) is 5.32 Å². The van der Waals surface area contributed by atoms with Crippen molar-refractivity contribution in [3.63, 3.8) is 0 Å². The molecule has 0 saturated heterocycles. The Morgan fingerprint density at radius 2 is 2.05 bits per heavy atom. The van der Waals surface area contributed by atoms with Crippen molar-refractivity contribution in [3.8, 4) is 0 Å². The minimum absolute atomic E-state index is 0.0405. The van der Waals surface area contributed by atoms with E-state index >= 15 is 0 Å². The van der Waals surface area contributed by atoms with Gasteiger partial charge in [0.05, 0.1) is 15.7 Å². The van der Waals surface area contributed by atoms with Gasteiger partial charge in [0.15, 0.2) is 0 Å². The van der Waals surface area contributed by atoms with Gasteiger partial charge in [-0.1, -0.05) is 12.2 Å². The summed E-state index contributed by atoms with van der Waals surface area (Å²) >= 11 is 7.87. The summed E-state index contributed by atoms with van der Waals surface area (Å²) < 4.78 is 27.3. The molecule has 2 aromatic rings. The van der Waals surface area contributed by atoms with Crippen molar-refractivity contribution < 1.29 is 8.78 Å². The quantitative estimate of drug-likeness (QED) is 0.647. The van der Waals surface area contributed by atoms with Crippen molar-refractivity contribution in [2.24, 2.45) is 5.73 Å². The van der Waals surface area contributed by atoms with Crippen LogP contribution in [0.5, 0.6) is 0 Å². The Bertz CT molecular complexity index is 692. The minimum atomic E-state index is -0.615. The molecule has 1 aromatic heterocycles. The van der Waals surface area contributed by atoms with Gasteiger partial charge in [0.25, 0.3) is 0 Å². The predicted molar refractivity (Wildman–Crippen MR) is 82.2 cm³/mol. The number of thiocarbonyl (C=S) groups is 1. The van der Waals surface area contributed by atoms with E-state index in [0.29, 0.717) is 5.56 Å². The van der Waals surface area contributed by atoms with Crippen LogP contribution < -0.4 is 11.1 Å². The first-order valence-corrected chi connectivity index (χ1v) is 6.77. The lowest BCUT2D eigenvalue weighted by Gasteiger charge is -2.13. The highest BCUT2D eigenvalue weighted by Crippen LogP contribution is 2.27. The molecule has 0 aliphatic heterocycles. The summed E-state index contributed by atoms with van der Waals surface area (Å²) in [5.74, 6) is -0.910. The summed E-state index contributed by atoms with van der Waals surface area (Å²) in [6.07, 6.45) is 1.53. The molecule has 104 valence electrons. The van der Waals surface area contributed by atoms with E-state index in [4.69, 9.17) is 18.0 Å². The molecular formula is C13H10BrF2N3S. The van der Waals surface area contributed by atoms with Gasteiger partial charge in [-0.05, 0) is 40.5 Å². The van der Waals surface area contributed by atoms with Crippen LogP contribution in [0.3, 0.4) is 0 Å². The molecule has 0 unspecified atom stereocenters. The van der Waals surface area contributed by atoms with E-state index in [1.54, 1.807) is 13.0 Å². The van der Waals surface area contributed by atoms with E-state index in [2.05, 4.69) is 26.2 Å². The molecular weight excluding hydrogens is 348 g/mol. The van der Waals surface area contributed by atoms with Gasteiger partial charge < -0.3 is 11.1 Å². The molecule has 1 aromatic carbocycles. The fraction of sp³-hybridized carbons (Fsp3) is 0.0769. The minimum Gasteiger partial charge on any atom is -0.389 e. The third-order valence-electron chi connectivity index (χ3n) is 2.67. The van der Waals surface area contributed by atoms with Gasteiger partial charge in [0.1, 0.15) is 22.4 Å². The number of hydrogen-bond acceptors (Lipinski definition) is 3. The third kappa shape index (κ3) is 2.94. The van der Waals surface area contributed by atoms with Crippen molar-refractivity contribution >= 4 is 44.6 Å². The molecule has 0 radical (unpaired) electrons. The first-order valence-electron chi connectivity index (χ1n) is 5.57. The van der Waals surface area contributed by atoms with Crippen molar-refractivity contribution in [3.05, 3.63) is 51.6 Å². The number of nitrogens with one attached hydrogen (secondary N) is 1. The van der Waals surface area contributed by atoms with E-state index < -0.39 is 11.6 Å². The number of benzene rings is 1. The largest absolute Gasteiger partial charge is 0.389 e. The molecule has 2 rings (SSSR count). The van der Waals surface area contributed by atoms with Crippen molar-refractivity contribution in [2.45, 2.75) is 6.92 Å². The molecule has 0 aliphatic carbocycles. The lowest BCUT2D eigenvalue weighted by Crippen LogP contribution is -2.15. The van der Waals surface area contributed by atoms with Gasteiger partial charge in [-0.2, -0.15) is 0 Å². The molecule has 0 amide bonds. The molecule has 3 N–H and O–H groups in total. The van der Waals surface area contributed by atoms with Gasteiger partial charge in [-0.25, -0.2) is 13.8 Å². The number of rotatable bonds is 3. The van der Waals surface area contributed by atoms with Crippen LogP contribution in [0.4, 0.5) is 20.3 Å². The molecule has 0 spiro atoms. The number of halogens is 3. The zero-order chi connectivity index (χ0) is 14.9. The standard InChI is InChI=1S/C13H10BrF2N3S/c1-6-2-3-18-13(11(6)12(17)20)19-10-5-8(15)7(14)4-9(10)16/h2-5H,1H3,(H2,17,20)(H,18,19). The van der Waals surface area contributed by atoms with Crippen molar-refractivity contribution in [1.29, 1.82) is 0 Å². The van der Waals surface area contributed by atoms with Gasteiger partial charge >= 0.3 is 0 Å². The number of nitrogens with zero attached hydrogens (tertiary/aromatic N) is 1. The molecule has 1 heterocycles. The van der Waals surface area contributed by atoms with Crippen LogP contribution in [-0.4, -0.2) is 9.97 Å².